The van der Waals surface area contributed by atoms with Crippen molar-refractivity contribution >= 4 is 24.0 Å². The Kier molecular flexibility index (Phi) is 6.17. The summed E-state index contributed by atoms with van der Waals surface area (Å²) in [5.74, 6) is 1.22. The SMILES string of the molecule is CC(C)c1ccn(CCCCl)n1.Cl. The van der Waals surface area contributed by atoms with E-state index in [1.54, 1.807) is 0 Å². The second-order valence-electron chi connectivity index (χ2n) is 3.20. The van der Waals surface area contributed by atoms with Crippen LogP contribution in [-0.4, -0.2) is 15.7 Å². The molecule has 1 aromatic rings. The van der Waals surface area contributed by atoms with Gasteiger partial charge < -0.3 is 0 Å². The fourth-order valence-electron chi connectivity index (χ4n) is 1.03. The number of nitrogens with zero attached hydrogens (tertiary/aromatic N) is 2. The van der Waals surface area contributed by atoms with E-state index in [0.29, 0.717) is 11.8 Å². The van der Waals surface area contributed by atoms with Gasteiger partial charge in [-0.15, -0.1) is 24.0 Å². The molecule has 0 amide bonds. The molecule has 0 aliphatic carbocycles. The predicted molar refractivity (Wildman–Crippen MR) is 58.9 cm³/mol. The first-order valence-corrected chi connectivity index (χ1v) is 4.87. The normalized spacial score (nSPS) is 10.2. The van der Waals surface area contributed by atoms with Gasteiger partial charge in [0.1, 0.15) is 0 Å². The van der Waals surface area contributed by atoms with E-state index >= 15 is 0 Å². The van der Waals surface area contributed by atoms with Crippen molar-refractivity contribution in [1.29, 1.82) is 0 Å². The Morgan fingerprint density at radius 3 is 2.69 bits per heavy atom. The molecule has 0 spiro atoms. The topological polar surface area (TPSA) is 17.8 Å². The van der Waals surface area contributed by atoms with Crippen LogP contribution in [0.2, 0.25) is 0 Å². The molecule has 13 heavy (non-hydrogen) atoms. The molecule has 76 valence electrons. The van der Waals surface area contributed by atoms with Gasteiger partial charge in [0, 0.05) is 18.6 Å². The van der Waals surface area contributed by atoms with E-state index in [-0.39, 0.29) is 12.4 Å². The van der Waals surface area contributed by atoms with Crippen LogP contribution in [0.1, 0.15) is 31.9 Å². The quantitative estimate of drug-likeness (QED) is 0.717. The molecule has 0 fully saturated rings. The fourth-order valence-corrected chi connectivity index (χ4v) is 1.15. The molecular formula is C9H16Cl2N2. The number of aryl methyl sites for hydroxylation is 1. The summed E-state index contributed by atoms with van der Waals surface area (Å²) >= 11 is 5.58. The molecule has 0 bridgehead atoms. The number of rotatable bonds is 4. The van der Waals surface area contributed by atoms with Gasteiger partial charge in [-0.25, -0.2) is 0 Å². The van der Waals surface area contributed by atoms with E-state index in [4.69, 9.17) is 11.6 Å². The van der Waals surface area contributed by atoms with Crippen LogP contribution in [0.4, 0.5) is 0 Å². The van der Waals surface area contributed by atoms with Crippen molar-refractivity contribution < 1.29 is 0 Å². The Hall–Kier alpha value is -0.210. The summed E-state index contributed by atoms with van der Waals surface area (Å²) in [5, 5.41) is 4.41. The van der Waals surface area contributed by atoms with Gasteiger partial charge in [-0.05, 0) is 18.4 Å². The van der Waals surface area contributed by atoms with E-state index in [0.717, 1.165) is 18.7 Å². The predicted octanol–water partition coefficient (Wildman–Crippen LogP) is 3.06. The highest BCUT2D eigenvalue weighted by atomic mass is 35.5. The van der Waals surface area contributed by atoms with Crippen molar-refractivity contribution in [3.05, 3.63) is 18.0 Å². The van der Waals surface area contributed by atoms with Crippen molar-refractivity contribution in [3.63, 3.8) is 0 Å². The lowest BCUT2D eigenvalue weighted by Crippen LogP contribution is -2.00. The van der Waals surface area contributed by atoms with Gasteiger partial charge in [0.2, 0.25) is 0 Å². The molecule has 1 rings (SSSR count). The molecule has 0 aliphatic heterocycles. The molecular weight excluding hydrogens is 207 g/mol. The second-order valence-corrected chi connectivity index (χ2v) is 3.58. The minimum Gasteiger partial charge on any atom is -0.272 e. The third kappa shape index (κ3) is 4.01. The van der Waals surface area contributed by atoms with Crippen LogP contribution in [-0.2, 0) is 6.54 Å². The van der Waals surface area contributed by atoms with Gasteiger partial charge >= 0.3 is 0 Å². The molecule has 0 saturated carbocycles. The maximum absolute atomic E-state index is 5.58. The maximum atomic E-state index is 5.58. The number of aromatic nitrogens is 2. The average molecular weight is 223 g/mol. The Balaban J connectivity index is 0.00000144. The summed E-state index contributed by atoms with van der Waals surface area (Å²) in [5.41, 5.74) is 1.16. The smallest absolute Gasteiger partial charge is 0.0649 e. The lowest BCUT2D eigenvalue weighted by Gasteiger charge is -1.99. The third-order valence-electron chi connectivity index (χ3n) is 1.77. The number of alkyl halides is 1. The Morgan fingerprint density at radius 1 is 1.54 bits per heavy atom. The standard InChI is InChI=1S/C9H15ClN2.ClH/c1-8(2)9-4-7-12(11-9)6-3-5-10;/h4,7-8H,3,5-6H2,1-2H3;1H. The van der Waals surface area contributed by atoms with Crippen LogP contribution in [0.15, 0.2) is 12.3 Å². The zero-order chi connectivity index (χ0) is 8.97. The van der Waals surface area contributed by atoms with Crippen molar-refractivity contribution in [2.24, 2.45) is 0 Å². The summed E-state index contributed by atoms with van der Waals surface area (Å²) < 4.78 is 1.96. The molecule has 1 aromatic heterocycles. The molecule has 0 N–H and O–H groups in total. The Morgan fingerprint density at radius 2 is 2.23 bits per heavy atom. The average Bonchev–Trinajstić information content (AvgIpc) is 2.48. The maximum Gasteiger partial charge on any atom is 0.0649 e. The zero-order valence-electron chi connectivity index (χ0n) is 8.03. The van der Waals surface area contributed by atoms with Crippen LogP contribution in [0.5, 0.6) is 0 Å². The van der Waals surface area contributed by atoms with Gasteiger partial charge in [0.15, 0.2) is 0 Å². The minimum absolute atomic E-state index is 0. The van der Waals surface area contributed by atoms with Gasteiger partial charge in [0.05, 0.1) is 5.69 Å². The summed E-state index contributed by atoms with van der Waals surface area (Å²) in [6.45, 7) is 5.22. The third-order valence-corrected chi connectivity index (χ3v) is 2.04. The van der Waals surface area contributed by atoms with E-state index in [1.807, 2.05) is 10.9 Å². The lowest BCUT2D eigenvalue weighted by molar-refractivity contribution is 0.590. The first-order valence-electron chi connectivity index (χ1n) is 4.33. The first-order chi connectivity index (χ1) is 5.74. The van der Waals surface area contributed by atoms with Crippen molar-refractivity contribution in [3.8, 4) is 0 Å². The van der Waals surface area contributed by atoms with Gasteiger partial charge in [-0.1, -0.05) is 13.8 Å². The summed E-state index contributed by atoms with van der Waals surface area (Å²) in [4.78, 5) is 0. The number of halogens is 2. The molecule has 0 aromatic carbocycles. The molecule has 2 nitrogen and oxygen atoms in total. The largest absolute Gasteiger partial charge is 0.272 e. The monoisotopic (exact) mass is 222 g/mol. The number of hydrogen-bond acceptors (Lipinski definition) is 1. The summed E-state index contributed by atoms with van der Waals surface area (Å²) in [7, 11) is 0. The zero-order valence-corrected chi connectivity index (χ0v) is 9.61. The van der Waals surface area contributed by atoms with Crippen molar-refractivity contribution in [1.82, 2.24) is 9.78 Å². The first kappa shape index (κ1) is 12.8. The number of hydrogen-bond donors (Lipinski definition) is 0. The van der Waals surface area contributed by atoms with Crippen LogP contribution < -0.4 is 0 Å². The highest BCUT2D eigenvalue weighted by molar-refractivity contribution is 6.17. The Bertz CT molecular complexity index is 233. The van der Waals surface area contributed by atoms with E-state index in [2.05, 4.69) is 25.0 Å². The van der Waals surface area contributed by atoms with Crippen LogP contribution in [0, 0.1) is 0 Å². The summed E-state index contributed by atoms with van der Waals surface area (Å²) in [6.07, 6.45) is 3.00. The molecule has 0 atom stereocenters. The van der Waals surface area contributed by atoms with Gasteiger partial charge in [0.25, 0.3) is 0 Å². The molecule has 1 heterocycles. The van der Waals surface area contributed by atoms with Gasteiger partial charge in [-0.3, -0.25) is 4.68 Å². The van der Waals surface area contributed by atoms with Gasteiger partial charge in [-0.2, -0.15) is 5.10 Å². The molecule has 0 saturated heterocycles. The van der Waals surface area contributed by atoms with Crippen LogP contribution in [0.3, 0.4) is 0 Å². The minimum atomic E-state index is 0. The Labute approximate surface area is 90.7 Å². The van der Waals surface area contributed by atoms with E-state index < -0.39 is 0 Å². The van der Waals surface area contributed by atoms with Crippen LogP contribution in [0.25, 0.3) is 0 Å². The second kappa shape index (κ2) is 6.28. The van der Waals surface area contributed by atoms with Crippen LogP contribution >= 0.6 is 24.0 Å². The molecule has 0 radical (unpaired) electrons. The summed E-state index contributed by atoms with van der Waals surface area (Å²) in [6, 6.07) is 2.07. The molecule has 0 aliphatic rings. The van der Waals surface area contributed by atoms with Crippen molar-refractivity contribution in [2.45, 2.75) is 32.7 Å². The lowest BCUT2D eigenvalue weighted by atomic mass is 10.1. The highest BCUT2D eigenvalue weighted by Gasteiger charge is 2.02. The van der Waals surface area contributed by atoms with E-state index in [1.165, 1.54) is 0 Å². The highest BCUT2D eigenvalue weighted by Crippen LogP contribution is 2.10. The molecule has 4 heteroatoms. The molecule has 0 unspecified atom stereocenters. The van der Waals surface area contributed by atoms with E-state index in [9.17, 15) is 0 Å². The fraction of sp³-hybridized carbons (Fsp3) is 0.667. The van der Waals surface area contributed by atoms with Crippen molar-refractivity contribution in [2.75, 3.05) is 5.88 Å².